The van der Waals surface area contributed by atoms with Gasteiger partial charge in [-0.2, -0.15) is 0 Å². The number of benzene rings is 1. The van der Waals surface area contributed by atoms with Crippen LogP contribution >= 0.6 is 11.3 Å². The molecule has 2 aromatic rings. The van der Waals surface area contributed by atoms with Gasteiger partial charge in [0.25, 0.3) is 0 Å². The molecule has 0 amide bonds. The van der Waals surface area contributed by atoms with Crippen LogP contribution in [0.4, 0.5) is 0 Å². The predicted octanol–water partition coefficient (Wildman–Crippen LogP) is 3.80. The lowest BCUT2D eigenvalue weighted by Crippen LogP contribution is -2.41. The first kappa shape index (κ1) is 14.4. The number of nitrogens with one attached hydrogen (secondary N) is 1. The number of likely N-dealkylation sites (N-methyl/N-ethyl adjacent to an activating group) is 1. The van der Waals surface area contributed by atoms with Crippen LogP contribution in [0.1, 0.15) is 29.6 Å². The van der Waals surface area contributed by atoms with E-state index in [0.29, 0.717) is 6.61 Å². The Labute approximate surface area is 129 Å². The molecule has 112 valence electrons. The number of hydrogen-bond acceptors (Lipinski definition) is 4. The summed E-state index contributed by atoms with van der Waals surface area (Å²) >= 11 is 1.86. The Morgan fingerprint density at radius 2 is 2.00 bits per heavy atom. The van der Waals surface area contributed by atoms with Crippen molar-refractivity contribution in [2.75, 3.05) is 13.2 Å². The third-order valence-corrected chi connectivity index (χ3v) is 4.98. The summed E-state index contributed by atoms with van der Waals surface area (Å²) < 4.78 is 12.0. The zero-order valence-electron chi connectivity index (χ0n) is 12.5. The Morgan fingerprint density at radius 3 is 2.71 bits per heavy atom. The van der Waals surface area contributed by atoms with Gasteiger partial charge in [0, 0.05) is 9.75 Å². The van der Waals surface area contributed by atoms with Crippen LogP contribution in [0.25, 0.3) is 0 Å². The molecule has 3 rings (SSSR count). The first-order chi connectivity index (χ1) is 10.3. The van der Waals surface area contributed by atoms with E-state index >= 15 is 0 Å². The summed E-state index contributed by atoms with van der Waals surface area (Å²) in [5, 5.41) is 3.54. The van der Waals surface area contributed by atoms with E-state index in [1.165, 1.54) is 9.75 Å². The van der Waals surface area contributed by atoms with Gasteiger partial charge in [-0.05, 0) is 37.2 Å². The molecular formula is C17H21NO2S. The lowest BCUT2D eigenvalue weighted by Gasteiger charge is -2.32. The largest absolute Gasteiger partial charge is 0.486 e. The van der Waals surface area contributed by atoms with E-state index in [9.17, 15) is 0 Å². The summed E-state index contributed by atoms with van der Waals surface area (Å²) in [5.41, 5.74) is 0. The monoisotopic (exact) mass is 303 g/mol. The van der Waals surface area contributed by atoms with Crippen LogP contribution < -0.4 is 14.8 Å². The van der Waals surface area contributed by atoms with Gasteiger partial charge in [-0.15, -0.1) is 11.3 Å². The molecule has 0 saturated carbocycles. The Balaban J connectivity index is 1.82. The maximum atomic E-state index is 6.16. The van der Waals surface area contributed by atoms with Crippen molar-refractivity contribution in [2.45, 2.75) is 32.4 Å². The SMILES string of the molecule is CCNC(c1ccc(CC)s1)C1COc2ccccc2O1. The standard InChI is InChI=1S/C17H21NO2S/c1-3-12-9-10-16(21-12)17(18-4-2)15-11-19-13-7-5-6-8-14(13)20-15/h5-10,15,17-18H,3-4,11H2,1-2H3. The first-order valence-electron chi connectivity index (χ1n) is 7.52. The molecule has 3 nitrogen and oxygen atoms in total. The molecule has 4 heteroatoms. The summed E-state index contributed by atoms with van der Waals surface area (Å²) in [6.07, 6.45) is 1.08. The number of fused-ring (bicyclic) bond motifs is 1. The highest BCUT2D eigenvalue weighted by molar-refractivity contribution is 7.12. The number of hydrogen-bond donors (Lipinski definition) is 1. The average molecular weight is 303 g/mol. The molecule has 0 saturated heterocycles. The summed E-state index contributed by atoms with van der Waals surface area (Å²) in [4.78, 5) is 2.73. The minimum atomic E-state index is 0.00297. The van der Waals surface area contributed by atoms with E-state index in [1.807, 2.05) is 35.6 Å². The van der Waals surface area contributed by atoms with Crippen LogP contribution in [-0.2, 0) is 6.42 Å². The quantitative estimate of drug-likeness (QED) is 0.911. The third-order valence-electron chi connectivity index (χ3n) is 3.66. The van der Waals surface area contributed by atoms with Gasteiger partial charge in [0.1, 0.15) is 6.61 Å². The van der Waals surface area contributed by atoms with Crippen molar-refractivity contribution in [3.05, 3.63) is 46.2 Å². The lowest BCUT2D eigenvalue weighted by molar-refractivity contribution is 0.0631. The Bertz CT molecular complexity index is 596. The Morgan fingerprint density at radius 1 is 1.19 bits per heavy atom. The second-order valence-corrected chi connectivity index (χ2v) is 6.31. The van der Waals surface area contributed by atoms with Crippen molar-refractivity contribution in [3.8, 4) is 11.5 Å². The van der Waals surface area contributed by atoms with Crippen LogP contribution in [0.5, 0.6) is 11.5 Å². The Kier molecular flexibility index (Phi) is 4.46. The summed E-state index contributed by atoms with van der Waals surface area (Å²) in [5.74, 6) is 1.67. The van der Waals surface area contributed by atoms with Gasteiger partial charge in [-0.1, -0.05) is 26.0 Å². The first-order valence-corrected chi connectivity index (χ1v) is 8.34. The van der Waals surface area contributed by atoms with Crippen LogP contribution in [-0.4, -0.2) is 19.3 Å². The second-order valence-electron chi connectivity index (χ2n) is 5.11. The van der Waals surface area contributed by atoms with Crippen molar-refractivity contribution in [3.63, 3.8) is 0 Å². The molecule has 1 aromatic carbocycles. The van der Waals surface area contributed by atoms with Crippen LogP contribution in [0, 0.1) is 0 Å². The summed E-state index contributed by atoms with van der Waals surface area (Å²) in [7, 11) is 0. The average Bonchev–Trinajstić information content (AvgIpc) is 3.01. The number of thiophene rings is 1. The minimum Gasteiger partial charge on any atom is -0.486 e. The smallest absolute Gasteiger partial charge is 0.161 e. The highest BCUT2D eigenvalue weighted by atomic mass is 32.1. The van der Waals surface area contributed by atoms with Gasteiger partial charge >= 0.3 is 0 Å². The number of rotatable bonds is 5. The van der Waals surface area contributed by atoms with Gasteiger partial charge in [0.15, 0.2) is 17.6 Å². The van der Waals surface area contributed by atoms with Crippen molar-refractivity contribution < 1.29 is 9.47 Å². The Hall–Kier alpha value is -1.52. The number of ether oxygens (including phenoxy) is 2. The number of para-hydroxylation sites is 2. The highest BCUT2D eigenvalue weighted by Crippen LogP contribution is 2.35. The molecule has 0 aliphatic carbocycles. The predicted molar refractivity (Wildman–Crippen MR) is 86.5 cm³/mol. The van der Waals surface area contributed by atoms with Crippen molar-refractivity contribution in [2.24, 2.45) is 0 Å². The van der Waals surface area contributed by atoms with E-state index in [0.717, 1.165) is 24.5 Å². The van der Waals surface area contributed by atoms with Crippen LogP contribution in [0.2, 0.25) is 0 Å². The molecule has 2 unspecified atom stereocenters. The number of aryl methyl sites for hydroxylation is 1. The van der Waals surface area contributed by atoms with Crippen LogP contribution in [0.15, 0.2) is 36.4 Å². The zero-order valence-corrected chi connectivity index (χ0v) is 13.3. The third kappa shape index (κ3) is 3.06. The van der Waals surface area contributed by atoms with Gasteiger partial charge < -0.3 is 14.8 Å². The maximum Gasteiger partial charge on any atom is 0.161 e. The molecule has 1 aliphatic heterocycles. The van der Waals surface area contributed by atoms with Gasteiger partial charge in [0.05, 0.1) is 6.04 Å². The minimum absolute atomic E-state index is 0.00297. The lowest BCUT2D eigenvalue weighted by atomic mass is 10.1. The molecule has 0 fully saturated rings. The fourth-order valence-electron chi connectivity index (χ4n) is 2.59. The fraction of sp³-hybridized carbons (Fsp3) is 0.412. The van der Waals surface area contributed by atoms with E-state index in [4.69, 9.17) is 9.47 Å². The molecule has 21 heavy (non-hydrogen) atoms. The topological polar surface area (TPSA) is 30.5 Å². The zero-order chi connectivity index (χ0) is 14.7. The molecular weight excluding hydrogens is 282 g/mol. The van der Waals surface area contributed by atoms with Crippen molar-refractivity contribution >= 4 is 11.3 Å². The van der Waals surface area contributed by atoms with Gasteiger partial charge in [-0.25, -0.2) is 0 Å². The molecule has 1 aliphatic rings. The molecule has 1 aromatic heterocycles. The second kappa shape index (κ2) is 6.50. The van der Waals surface area contributed by atoms with E-state index in [1.54, 1.807) is 0 Å². The molecule has 2 heterocycles. The van der Waals surface area contributed by atoms with Crippen molar-refractivity contribution in [1.29, 1.82) is 0 Å². The van der Waals surface area contributed by atoms with E-state index in [-0.39, 0.29) is 12.1 Å². The van der Waals surface area contributed by atoms with E-state index in [2.05, 4.69) is 31.3 Å². The molecule has 0 spiro atoms. The summed E-state index contributed by atoms with van der Waals surface area (Å²) in [6.45, 7) is 5.80. The highest BCUT2D eigenvalue weighted by Gasteiger charge is 2.30. The molecule has 1 N–H and O–H groups in total. The molecule has 0 radical (unpaired) electrons. The normalized spacial score (nSPS) is 18.5. The molecule has 2 atom stereocenters. The van der Waals surface area contributed by atoms with Crippen LogP contribution in [0.3, 0.4) is 0 Å². The summed E-state index contributed by atoms with van der Waals surface area (Å²) in [6, 6.07) is 12.5. The molecule has 0 bridgehead atoms. The van der Waals surface area contributed by atoms with E-state index < -0.39 is 0 Å². The van der Waals surface area contributed by atoms with Gasteiger partial charge in [0.2, 0.25) is 0 Å². The fourth-order valence-corrected chi connectivity index (χ4v) is 3.67. The van der Waals surface area contributed by atoms with Gasteiger partial charge in [-0.3, -0.25) is 0 Å². The maximum absolute atomic E-state index is 6.16. The van der Waals surface area contributed by atoms with Crippen molar-refractivity contribution in [1.82, 2.24) is 5.32 Å².